The third-order valence-electron chi connectivity index (χ3n) is 5.82. The van der Waals surface area contributed by atoms with Gasteiger partial charge in [-0.3, -0.25) is 14.8 Å². The lowest BCUT2D eigenvalue weighted by molar-refractivity contribution is -0.0180. The fourth-order valence-corrected chi connectivity index (χ4v) is 4.26. The largest absolute Gasteiger partial charge is 0.387 e. The Morgan fingerprint density at radius 2 is 1.81 bits per heavy atom. The van der Waals surface area contributed by atoms with Crippen molar-refractivity contribution in [1.29, 1.82) is 0 Å². The summed E-state index contributed by atoms with van der Waals surface area (Å²) >= 11 is 0. The van der Waals surface area contributed by atoms with Gasteiger partial charge in [0.2, 0.25) is 0 Å². The molecule has 1 aromatic carbocycles. The molecule has 2 fully saturated rings. The second-order valence-electron chi connectivity index (χ2n) is 8.63. The summed E-state index contributed by atoms with van der Waals surface area (Å²) < 4.78 is 5.40. The van der Waals surface area contributed by atoms with Crippen LogP contribution < -0.4 is 10.6 Å². The molecule has 176 valence electrons. The van der Waals surface area contributed by atoms with Crippen LogP contribution in [0.2, 0.25) is 0 Å². The highest BCUT2D eigenvalue weighted by Crippen LogP contribution is 2.24. The van der Waals surface area contributed by atoms with Crippen molar-refractivity contribution in [2.75, 3.05) is 65.6 Å². The molecule has 1 aromatic rings. The van der Waals surface area contributed by atoms with E-state index in [1.54, 1.807) is 0 Å². The van der Waals surface area contributed by atoms with Gasteiger partial charge in [0.25, 0.3) is 0 Å². The predicted octanol–water partition coefficient (Wildman–Crippen LogP) is 2.08. The fraction of sp³-hybridized carbons (Fsp3) is 0.696. The average molecular weight is 546 g/mol. The highest BCUT2D eigenvalue weighted by molar-refractivity contribution is 14.0. The van der Waals surface area contributed by atoms with Gasteiger partial charge in [-0.2, -0.15) is 0 Å². The van der Waals surface area contributed by atoms with Crippen molar-refractivity contribution >= 4 is 29.9 Å². The number of aliphatic imine (C=N–C) groups is 1. The van der Waals surface area contributed by atoms with Gasteiger partial charge in [-0.25, -0.2) is 0 Å². The summed E-state index contributed by atoms with van der Waals surface area (Å²) in [4.78, 5) is 9.52. The van der Waals surface area contributed by atoms with Crippen LogP contribution in [0.15, 0.2) is 35.3 Å². The molecule has 2 aliphatic heterocycles. The van der Waals surface area contributed by atoms with E-state index in [2.05, 4.69) is 57.7 Å². The molecule has 0 amide bonds. The summed E-state index contributed by atoms with van der Waals surface area (Å²) in [6.45, 7) is 12.0. The van der Waals surface area contributed by atoms with E-state index in [1.165, 1.54) is 18.4 Å². The summed E-state index contributed by atoms with van der Waals surface area (Å²) in [5.74, 6) is 0.764. The summed E-state index contributed by atoms with van der Waals surface area (Å²) in [6, 6.07) is 11.0. The van der Waals surface area contributed by atoms with E-state index >= 15 is 0 Å². The van der Waals surface area contributed by atoms with Crippen LogP contribution in [0.5, 0.6) is 0 Å². The van der Waals surface area contributed by atoms with Crippen LogP contribution >= 0.6 is 24.0 Å². The fourth-order valence-electron chi connectivity index (χ4n) is 4.26. The number of ether oxygens (including phenoxy) is 1. The minimum absolute atomic E-state index is 0. The molecule has 3 N–H and O–H groups in total. The third kappa shape index (κ3) is 8.84. The van der Waals surface area contributed by atoms with Gasteiger partial charge in [-0.15, -0.1) is 24.0 Å². The van der Waals surface area contributed by atoms with E-state index < -0.39 is 5.60 Å². The lowest BCUT2D eigenvalue weighted by atomic mass is 10.1. The molecule has 0 radical (unpaired) electrons. The van der Waals surface area contributed by atoms with Crippen molar-refractivity contribution in [2.24, 2.45) is 4.99 Å². The van der Waals surface area contributed by atoms with Crippen LogP contribution in [0.1, 0.15) is 38.3 Å². The molecule has 0 aliphatic carbocycles. The van der Waals surface area contributed by atoms with Gasteiger partial charge >= 0.3 is 0 Å². The molecule has 2 aliphatic rings. The predicted molar refractivity (Wildman–Crippen MR) is 137 cm³/mol. The zero-order valence-electron chi connectivity index (χ0n) is 19.1. The Kier molecular flexibility index (Phi) is 11.5. The monoisotopic (exact) mass is 545 g/mol. The maximum absolute atomic E-state index is 10.9. The number of guanidine groups is 1. The van der Waals surface area contributed by atoms with Crippen LogP contribution in [0.3, 0.4) is 0 Å². The Bertz CT molecular complexity index is 647. The quantitative estimate of drug-likeness (QED) is 0.251. The smallest absolute Gasteiger partial charge is 0.191 e. The van der Waals surface area contributed by atoms with Crippen LogP contribution in [0.4, 0.5) is 0 Å². The molecular formula is C23H40IN5O2. The first kappa shape index (κ1) is 26.3. The van der Waals surface area contributed by atoms with Gasteiger partial charge in [0.15, 0.2) is 5.96 Å². The van der Waals surface area contributed by atoms with Crippen molar-refractivity contribution in [1.82, 2.24) is 20.4 Å². The van der Waals surface area contributed by atoms with Gasteiger partial charge in [-0.1, -0.05) is 30.3 Å². The maximum Gasteiger partial charge on any atom is 0.191 e. The van der Waals surface area contributed by atoms with Gasteiger partial charge in [-0.05, 0) is 45.3 Å². The topological polar surface area (TPSA) is 72.4 Å². The molecule has 2 atom stereocenters. The van der Waals surface area contributed by atoms with Gasteiger partial charge in [0.1, 0.15) is 0 Å². The number of hydrogen-bond donors (Lipinski definition) is 3. The molecule has 0 bridgehead atoms. The number of halogens is 1. The average Bonchev–Trinajstić information content (AvgIpc) is 3.28. The molecule has 7 nitrogen and oxygen atoms in total. The summed E-state index contributed by atoms with van der Waals surface area (Å²) in [6.07, 6.45) is 2.53. The van der Waals surface area contributed by atoms with Crippen LogP contribution in [-0.2, 0) is 4.74 Å². The molecule has 0 spiro atoms. The van der Waals surface area contributed by atoms with Gasteiger partial charge in [0, 0.05) is 32.7 Å². The zero-order valence-corrected chi connectivity index (χ0v) is 21.4. The lowest BCUT2D eigenvalue weighted by Crippen LogP contribution is -2.48. The van der Waals surface area contributed by atoms with E-state index in [4.69, 9.17) is 9.73 Å². The van der Waals surface area contributed by atoms with Crippen molar-refractivity contribution in [3.63, 3.8) is 0 Å². The van der Waals surface area contributed by atoms with E-state index in [0.717, 1.165) is 58.4 Å². The maximum atomic E-state index is 10.9. The number of rotatable bonds is 9. The molecule has 2 unspecified atom stereocenters. The Morgan fingerprint density at radius 1 is 1.13 bits per heavy atom. The molecule has 2 saturated heterocycles. The molecule has 3 rings (SSSR count). The highest BCUT2D eigenvalue weighted by Gasteiger charge is 2.26. The number of benzene rings is 1. The van der Waals surface area contributed by atoms with Crippen LogP contribution in [-0.4, -0.2) is 92.0 Å². The summed E-state index contributed by atoms with van der Waals surface area (Å²) in [7, 11) is 0. The first-order valence-corrected chi connectivity index (χ1v) is 11.4. The van der Waals surface area contributed by atoms with E-state index in [0.29, 0.717) is 19.1 Å². The summed E-state index contributed by atoms with van der Waals surface area (Å²) in [5, 5.41) is 17.7. The minimum atomic E-state index is -0.868. The second kappa shape index (κ2) is 13.6. The SMILES string of the molecule is CCNC(=NCC(C)(O)CN1CCOCC1)NCC(c1ccccc1)N1CCCC1.I. The van der Waals surface area contributed by atoms with Crippen molar-refractivity contribution in [2.45, 2.75) is 38.3 Å². The Balaban J connectivity index is 0.00000341. The molecular weight excluding hydrogens is 505 g/mol. The van der Waals surface area contributed by atoms with E-state index in [9.17, 15) is 5.11 Å². The van der Waals surface area contributed by atoms with Crippen LogP contribution in [0, 0.1) is 0 Å². The van der Waals surface area contributed by atoms with Gasteiger partial charge < -0.3 is 20.5 Å². The van der Waals surface area contributed by atoms with Crippen molar-refractivity contribution in [3.05, 3.63) is 35.9 Å². The second-order valence-corrected chi connectivity index (χ2v) is 8.63. The molecule has 0 aromatic heterocycles. The molecule has 0 saturated carbocycles. The van der Waals surface area contributed by atoms with Gasteiger partial charge in [0.05, 0.1) is 31.4 Å². The van der Waals surface area contributed by atoms with Crippen molar-refractivity contribution in [3.8, 4) is 0 Å². The number of aliphatic hydroxyl groups is 1. The lowest BCUT2D eigenvalue weighted by Gasteiger charge is -2.33. The normalized spacial score (nSPS) is 21.2. The number of likely N-dealkylation sites (tertiary alicyclic amines) is 1. The van der Waals surface area contributed by atoms with E-state index in [1.807, 2.05) is 6.92 Å². The third-order valence-corrected chi connectivity index (χ3v) is 5.82. The molecule has 8 heteroatoms. The Labute approximate surface area is 204 Å². The number of nitrogens with zero attached hydrogens (tertiary/aromatic N) is 3. The van der Waals surface area contributed by atoms with E-state index in [-0.39, 0.29) is 24.0 Å². The standard InChI is InChI=1S/C23H39N5O2.HI/c1-3-24-22(26-18-23(2,29)19-27-13-15-30-16-14-27)25-17-21(28-11-7-8-12-28)20-9-5-4-6-10-20;/h4-6,9-10,21,29H,3,7-8,11-19H2,1-2H3,(H2,24,25,26);1H. The minimum Gasteiger partial charge on any atom is -0.387 e. The highest BCUT2D eigenvalue weighted by atomic mass is 127. The Morgan fingerprint density at radius 3 is 2.45 bits per heavy atom. The first-order chi connectivity index (χ1) is 14.6. The number of morpholine rings is 1. The number of hydrogen-bond acceptors (Lipinski definition) is 5. The summed E-state index contributed by atoms with van der Waals surface area (Å²) in [5.41, 5.74) is 0.468. The zero-order chi connectivity index (χ0) is 21.2. The Hall–Kier alpha value is -0.940. The first-order valence-electron chi connectivity index (χ1n) is 11.4. The molecule has 31 heavy (non-hydrogen) atoms. The van der Waals surface area contributed by atoms with Crippen molar-refractivity contribution < 1.29 is 9.84 Å². The van der Waals surface area contributed by atoms with Crippen LogP contribution in [0.25, 0.3) is 0 Å². The number of β-amino-alcohol motifs (C(OH)–C–C–N with tert-alkyl or cyclic N) is 1. The molecule has 2 heterocycles. The number of nitrogens with one attached hydrogen (secondary N) is 2.